The summed E-state index contributed by atoms with van der Waals surface area (Å²) in [5.41, 5.74) is 6.97. The molecule has 2 aromatic heterocycles. The van der Waals surface area contributed by atoms with Gasteiger partial charge in [-0.25, -0.2) is 15.0 Å². The average molecular weight is 372 g/mol. The van der Waals surface area contributed by atoms with Crippen molar-refractivity contribution < 1.29 is 13.2 Å². The highest BCUT2D eigenvalue weighted by Gasteiger charge is 2.34. The van der Waals surface area contributed by atoms with Gasteiger partial charge in [0, 0.05) is 42.8 Å². The lowest BCUT2D eigenvalue weighted by Gasteiger charge is -2.11. The molecular weight excluding hydrogens is 357 g/mol. The number of hydrogen-bond acceptors (Lipinski definition) is 5. The van der Waals surface area contributed by atoms with Crippen LogP contribution >= 0.6 is 0 Å². The Balaban J connectivity index is 2.04. The number of halogens is 3. The summed E-state index contributed by atoms with van der Waals surface area (Å²) in [5, 5.41) is 9.16. The van der Waals surface area contributed by atoms with Crippen LogP contribution in [0.25, 0.3) is 11.4 Å². The molecule has 3 rings (SSSR count). The molecule has 0 aliphatic rings. The van der Waals surface area contributed by atoms with Crippen LogP contribution < -0.4 is 5.73 Å². The molecule has 0 amide bonds. The van der Waals surface area contributed by atoms with Gasteiger partial charge < -0.3 is 10.3 Å². The molecule has 0 atom stereocenters. The van der Waals surface area contributed by atoms with Crippen molar-refractivity contribution in [2.24, 2.45) is 5.73 Å². The first-order chi connectivity index (χ1) is 12.8. The standard InChI is InChI=1S/C18H15F3N6/c1-11-26-16(18(19,20)21)10-27(11)9-14-4-12(5-22)2-3-15(14)17-24-7-13(6-23)8-25-17/h2-4,7-8,10H,6,9,23H2,1H3. The molecule has 0 saturated carbocycles. The van der Waals surface area contributed by atoms with Crippen LogP contribution in [0.15, 0.2) is 36.8 Å². The summed E-state index contributed by atoms with van der Waals surface area (Å²) >= 11 is 0. The van der Waals surface area contributed by atoms with Gasteiger partial charge in [0.2, 0.25) is 0 Å². The highest BCUT2D eigenvalue weighted by molar-refractivity contribution is 5.62. The SMILES string of the molecule is Cc1nc(C(F)(F)F)cn1Cc1cc(C#N)ccc1-c1ncc(CN)cn1. The van der Waals surface area contributed by atoms with E-state index in [1.54, 1.807) is 30.6 Å². The highest BCUT2D eigenvalue weighted by atomic mass is 19.4. The Morgan fingerprint density at radius 3 is 2.48 bits per heavy atom. The van der Waals surface area contributed by atoms with Crippen LogP contribution in [0.3, 0.4) is 0 Å². The van der Waals surface area contributed by atoms with E-state index in [1.807, 2.05) is 6.07 Å². The van der Waals surface area contributed by atoms with E-state index in [4.69, 9.17) is 11.0 Å². The number of nitriles is 1. The van der Waals surface area contributed by atoms with Crippen molar-refractivity contribution in [2.75, 3.05) is 0 Å². The van der Waals surface area contributed by atoms with Crippen LogP contribution in [0.1, 0.15) is 28.2 Å². The zero-order valence-electron chi connectivity index (χ0n) is 14.3. The summed E-state index contributed by atoms with van der Waals surface area (Å²) in [4.78, 5) is 12.1. The summed E-state index contributed by atoms with van der Waals surface area (Å²) in [6.45, 7) is 1.90. The smallest absolute Gasteiger partial charge is 0.330 e. The number of imidazole rings is 1. The van der Waals surface area contributed by atoms with Gasteiger partial charge in [-0.05, 0) is 30.7 Å². The van der Waals surface area contributed by atoms with E-state index < -0.39 is 11.9 Å². The van der Waals surface area contributed by atoms with E-state index in [2.05, 4.69) is 15.0 Å². The molecule has 0 aliphatic carbocycles. The van der Waals surface area contributed by atoms with Crippen LogP contribution in [0.2, 0.25) is 0 Å². The van der Waals surface area contributed by atoms with Gasteiger partial charge in [0.1, 0.15) is 5.82 Å². The van der Waals surface area contributed by atoms with Gasteiger partial charge in [-0.1, -0.05) is 0 Å². The monoisotopic (exact) mass is 372 g/mol. The first kappa shape index (κ1) is 18.5. The Morgan fingerprint density at radius 1 is 1.22 bits per heavy atom. The van der Waals surface area contributed by atoms with Crippen LogP contribution in [0.5, 0.6) is 0 Å². The molecule has 1 aromatic carbocycles. The largest absolute Gasteiger partial charge is 0.434 e. The second kappa shape index (κ2) is 7.17. The van der Waals surface area contributed by atoms with Crippen LogP contribution in [-0.4, -0.2) is 19.5 Å². The molecule has 0 spiro atoms. The summed E-state index contributed by atoms with van der Waals surface area (Å²) < 4.78 is 40.1. The Labute approximate surface area is 153 Å². The zero-order chi connectivity index (χ0) is 19.6. The third-order valence-corrected chi connectivity index (χ3v) is 4.02. The number of hydrogen-bond donors (Lipinski definition) is 1. The minimum Gasteiger partial charge on any atom is -0.330 e. The molecule has 0 radical (unpaired) electrons. The molecule has 0 saturated heterocycles. The predicted octanol–water partition coefficient (Wildman–Crippen LogP) is 3.05. The zero-order valence-corrected chi connectivity index (χ0v) is 14.3. The molecule has 9 heteroatoms. The minimum atomic E-state index is -4.52. The van der Waals surface area contributed by atoms with Crippen LogP contribution in [0.4, 0.5) is 13.2 Å². The lowest BCUT2D eigenvalue weighted by atomic mass is 10.0. The maximum absolute atomic E-state index is 12.9. The predicted molar refractivity (Wildman–Crippen MR) is 91.1 cm³/mol. The summed E-state index contributed by atoms with van der Waals surface area (Å²) in [7, 11) is 0. The lowest BCUT2D eigenvalue weighted by Crippen LogP contribution is -2.06. The number of nitrogens with two attached hydrogens (primary N) is 1. The minimum absolute atomic E-state index is 0.0990. The van der Waals surface area contributed by atoms with Gasteiger partial charge in [-0.3, -0.25) is 0 Å². The Hall–Kier alpha value is -3.25. The fraction of sp³-hybridized carbons (Fsp3) is 0.222. The normalized spacial score (nSPS) is 11.4. The summed E-state index contributed by atoms with van der Waals surface area (Å²) in [5.74, 6) is 0.621. The number of rotatable bonds is 4. The Kier molecular flexibility index (Phi) is 4.92. The topological polar surface area (TPSA) is 93.4 Å². The van der Waals surface area contributed by atoms with Gasteiger partial charge in [-0.15, -0.1) is 0 Å². The van der Waals surface area contributed by atoms with Crippen molar-refractivity contribution in [2.45, 2.75) is 26.2 Å². The van der Waals surface area contributed by atoms with Crippen molar-refractivity contribution in [3.8, 4) is 17.5 Å². The first-order valence-corrected chi connectivity index (χ1v) is 7.97. The molecule has 27 heavy (non-hydrogen) atoms. The summed E-state index contributed by atoms with van der Waals surface area (Å²) in [6, 6.07) is 6.94. The van der Waals surface area contributed by atoms with E-state index in [1.165, 1.54) is 11.5 Å². The van der Waals surface area contributed by atoms with Crippen molar-refractivity contribution in [3.05, 3.63) is 65.0 Å². The van der Waals surface area contributed by atoms with Crippen molar-refractivity contribution in [3.63, 3.8) is 0 Å². The first-order valence-electron chi connectivity index (χ1n) is 7.97. The molecule has 6 nitrogen and oxygen atoms in total. The molecule has 2 N–H and O–H groups in total. The maximum Gasteiger partial charge on any atom is 0.434 e. The molecule has 2 heterocycles. The van der Waals surface area contributed by atoms with E-state index in [-0.39, 0.29) is 12.4 Å². The summed E-state index contributed by atoms with van der Waals surface area (Å²) in [6.07, 6.45) is -0.381. The van der Waals surface area contributed by atoms with Gasteiger partial charge in [0.05, 0.1) is 11.6 Å². The van der Waals surface area contributed by atoms with Crippen molar-refractivity contribution in [1.82, 2.24) is 19.5 Å². The third-order valence-electron chi connectivity index (χ3n) is 4.02. The lowest BCUT2D eigenvalue weighted by molar-refractivity contribution is -0.141. The third kappa shape index (κ3) is 3.96. The molecule has 0 bridgehead atoms. The van der Waals surface area contributed by atoms with Gasteiger partial charge in [0.25, 0.3) is 0 Å². The van der Waals surface area contributed by atoms with Crippen molar-refractivity contribution in [1.29, 1.82) is 5.26 Å². The number of aromatic nitrogens is 4. The van der Waals surface area contributed by atoms with Gasteiger partial charge in [0.15, 0.2) is 11.5 Å². The average Bonchev–Trinajstić information content (AvgIpc) is 3.03. The maximum atomic E-state index is 12.9. The number of alkyl halides is 3. The van der Waals surface area contributed by atoms with Gasteiger partial charge >= 0.3 is 6.18 Å². The Bertz CT molecular complexity index is 999. The number of benzene rings is 1. The van der Waals surface area contributed by atoms with Crippen molar-refractivity contribution >= 4 is 0 Å². The van der Waals surface area contributed by atoms with E-state index in [9.17, 15) is 13.2 Å². The fourth-order valence-electron chi connectivity index (χ4n) is 2.60. The molecule has 0 aliphatic heterocycles. The number of aryl methyl sites for hydroxylation is 1. The molecular formula is C18H15F3N6. The second-order valence-corrected chi connectivity index (χ2v) is 5.90. The molecule has 0 fully saturated rings. The fourth-order valence-corrected chi connectivity index (χ4v) is 2.60. The van der Waals surface area contributed by atoms with E-state index >= 15 is 0 Å². The molecule has 3 aromatic rings. The quantitative estimate of drug-likeness (QED) is 0.760. The molecule has 0 unspecified atom stereocenters. The van der Waals surface area contributed by atoms with Crippen LogP contribution in [-0.2, 0) is 19.3 Å². The second-order valence-electron chi connectivity index (χ2n) is 5.90. The highest BCUT2D eigenvalue weighted by Crippen LogP contribution is 2.29. The Morgan fingerprint density at radius 2 is 1.93 bits per heavy atom. The molecule has 138 valence electrons. The van der Waals surface area contributed by atoms with E-state index in [0.717, 1.165) is 11.8 Å². The van der Waals surface area contributed by atoms with E-state index in [0.29, 0.717) is 29.1 Å². The van der Waals surface area contributed by atoms with Gasteiger partial charge in [-0.2, -0.15) is 18.4 Å². The number of nitrogens with zero attached hydrogens (tertiary/aromatic N) is 5. The van der Waals surface area contributed by atoms with Crippen LogP contribution in [0, 0.1) is 18.3 Å².